The van der Waals surface area contributed by atoms with E-state index in [0.29, 0.717) is 0 Å². The van der Waals surface area contributed by atoms with E-state index in [1.165, 1.54) is 0 Å². The Morgan fingerprint density at radius 1 is 0.944 bits per heavy atom. The van der Waals surface area contributed by atoms with Crippen molar-refractivity contribution >= 4 is 16.7 Å². The molecule has 18 heavy (non-hydrogen) atoms. The van der Waals surface area contributed by atoms with Gasteiger partial charge in [0.15, 0.2) is 0 Å². The highest BCUT2D eigenvalue weighted by Crippen LogP contribution is 2.25. The van der Waals surface area contributed by atoms with E-state index >= 15 is 0 Å². The Morgan fingerprint density at radius 2 is 1.67 bits per heavy atom. The minimum absolute atomic E-state index is 0.153. The van der Waals surface area contributed by atoms with Crippen LogP contribution in [0.1, 0.15) is 18.7 Å². The van der Waals surface area contributed by atoms with Crippen LogP contribution in [0.2, 0.25) is 0 Å². The molecule has 3 aromatic rings. The van der Waals surface area contributed by atoms with E-state index in [1.807, 2.05) is 36.4 Å². The molecule has 2 nitrogen and oxygen atoms in total. The van der Waals surface area contributed by atoms with Gasteiger partial charge in [-0.25, -0.2) is 0 Å². The Bertz CT molecular complexity index is 609. The first-order valence-corrected chi connectivity index (χ1v) is 6.13. The molecule has 0 radical (unpaired) electrons. The van der Waals surface area contributed by atoms with Crippen LogP contribution in [0.15, 0.2) is 65.1 Å². The van der Waals surface area contributed by atoms with Crippen LogP contribution in [-0.2, 0) is 0 Å². The van der Waals surface area contributed by atoms with Crippen LogP contribution >= 0.6 is 0 Å². The Kier molecular flexibility index (Phi) is 2.77. The van der Waals surface area contributed by atoms with Crippen molar-refractivity contribution in [2.75, 3.05) is 5.32 Å². The molecule has 1 atom stereocenters. The summed E-state index contributed by atoms with van der Waals surface area (Å²) in [6.07, 6.45) is 0. The lowest BCUT2D eigenvalue weighted by Crippen LogP contribution is -2.04. The van der Waals surface area contributed by atoms with Gasteiger partial charge >= 0.3 is 0 Å². The molecule has 3 rings (SSSR count). The summed E-state index contributed by atoms with van der Waals surface area (Å²) >= 11 is 0. The Labute approximate surface area is 106 Å². The van der Waals surface area contributed by atoms with Crippen molar-refractivity contribution in [3.05, 3.63) is 66.4 Å². The minimum atomic E-state index is 0.153. The average Bonchev–Trinajstić information content (AvgIpc) is 2.84. The number of benzene rings is 2. The van der Waals surface area contributed by atoms with Crippen LogP contribution < -0.4 is 5.32 Å². The van der Waals surface area contributed by atoms with Crippen LogP contribution in [0, 0.1) is 0 Å². The summed E-state index contributed by atoms with van der Waals surface area (Å²) in [7, 11) is 0. The maximum absolute atomic E-state index is 5.84. The van der Waals surface area contributed by atoms with Gasteiger partial charge in [0, 0.05) is 11.1 Å². The van der Waals surface area contributed by atoms with Crippen LogP contribution in [0.25, 0.3) is 11.0 Å². The summed E-state index contributed by atoms with van der Waals surface area (Å²) in [5.74, 6) is 0.958. The maximum atomic E-state index is 5.84. The molecule has 0 aliphatic rings. The van der Waals surface area contributed by atoms with Gasteiger partial charge in [0.2, 0.25) is 0 Å². The Balaban J connectivity index is 1.86. The lowest BCUT2D eigenvalue weighted by molar-refractivity contribution is 0.526. The molecule has 90 valence electrons. The van der Waals surface area contributed by atoms with E-state index in [0.717, 1.165) is 22.4 Å². The molecule has 1 aromatic heterocycles. The normalized spacial score (nSPS) is 12.5. The molecule has 0 aliphatic carbocycles. The predicted octanol–water partition coefficient (Wildman–Crippen LogP) is 4.61. The molecule has 0 spiro atoms. The van der Waals surface area contributed by atoms with Crippen molar-refractivity contribution in [2.45, 2.75) is 13.0 Å². The van der Waals surface area contributed by atoms with E-state index < -0.39 is 0 Å². The highest BCUT2D eigenvalue weighted by Gasteiger charge is 2.10. The molecule has 0 saturated heterocycles. The third-order valence-corrected chi connectivity index (χ3v) is 3.03. The molecule has 0 aliphatic heterocycles. The zero-order chi connectivity index (χ0) is 12.4. The fourth-order valence-corrected chi connectivity index (χ4v) is 2.07. The third kappa shape index (κ3) is 2.09. The molecule has 0 amide bonds. The molecule has 0 bridgehead atoms. The fraction of sp³-hybridized carbons (Fsp3) is 0.125. The van der Waals surface area contributed by atoms with Crippen molar-refractivity contribution in [1.82, 2.24) is 0 Å². The van der Waals surface area contributed by atoms with E-state index in [9.17, 15) is 0 Å². The summed E-state index contributed by atoms with van der Waals surface area (Å²) < 4.78 is 5.84. The second kappa shape index (κ2) is 4.57. The monoisotopic (exact) mass is 237 g/mol. The first-order chi connectivity index (χ1) is 8.83. The molecular formula is C16H15NO. The van der Waals surface area contributed by atoms with Gasteiger partial charge in [-0.3, -0.25) is 0 Å². The van der Waals surface area contributed by atoms with Gasteiger partial charge in [-0.2, -0.15) is 0 Å². The molecular weight excluding hydrogens is 222 g/mol. The molecule has 0 saturated carbocycles. The molecule has 1 unspecified atom stereocenters. The molecule has 2 heteroatoms. The van der Waals surface area contributed by atoms with Crippen molar-refractivity contribution in [3.8, 4) is 0 Å². The number of para-hydroxylation sites is 2. The number of nitrogens with one attached hydrogen (secondary N) is 1. The van der Waals surface area contributed by atoms with E-state index in [2.05, 4.69) is 36.5 Å². The van der Waals surface area contributed by atoms with Gasteiger partial charge in [0.25, 0.3) is 0 Å². The molecule has 1 heterocycles. The SMILES string of the molecule is CC(Nc1ccccc1)c1cc2ccccc2o1. The number of rotatable bonds is 3. The average molecular weight is 237 g/mol. The van der Waals surface area contributed by atoms with Gasteiger partial charge < -0.3 is 9.73 Å². The van der Waals surface area contributed by atoms with Crippen LogP contribution in [0.4, 0.5) is 5.69 Å². The van der Waals surface area contributed by atoms with Gasteiger partial charge in [0.05, 0.1) is 6.04 Å². The highest BCUT2D eigenvalue weighted by atomic mass is 16.3. The van der Waals surface area contributed by atoms with Gasteiger partial charge in [0.1, 0.15) is 11.3 Å². The minimum Gasteiger partial charge on any atom is -0.459 e. The lowest BCUT2D eigenvalue weighted by atomic mass is 10.2. The summed E-state index contributed by atoms with van der Waals surface area (Å²) in [4.78, 5) is 0. The highest BCUT2D eigenvalue weighted by molar-refractivity contribution is 5.77. The van der Waals surface area contributed by atoms with Crippen molar-refractivity contribution in [1.29, 1.82) is 0 Å². The van der Waals surface area contributed by atoms with Crippen molar-refractivity contribution in [3.63, 3.8) is 0 Å². The first kappa shape index (κ1) is 10.9. The zero-order valence-electron chi connectivity index (χ0n) is 10.3. The summed E-state index contributed by atoms with van der Waals surface area (Å²) in [5.41, 5.74) is 2.04. The fourth-order valence-electron chi connectivity index (χ4n) is 2.07. The lowest BCUT2D eigenvalue weighted by Gasteiger charge is -2.12. The Hall–Kier alpha value is -2.22. The van der Waals surface area contributed by atoms with Gasteiger partial charge in [-0.15, -0.1) is 0 Å². The molecule has 2 aromatic carbocycles. The van der Waals surface area contributed by atoms with E-state index in [-0.39, 0.29) is 6.04 Å². The molecule has 0 fully saturated rings. The van der Waals surface area contributed by atoms with E-state index in [4.69, 9.17) is 4.42 Å². The standard InChI is InChI=1S/C16H15NO/c1-12(17-14-8-3-2-4-9-14)16-11-13-7-5-6-10-15(13)18-16/h2-12,17H,1H3. The van der Waals surface area contributed by atoms with Gasteiger partial charge in [-0.05, 0) is 31.2 Å². The first-order valence-electron chi connectivity index (χ1n) is 6.13. The van der Waals surface area contributed by atoms with Gasteiger partial charge in [-0.1, -0.05) is 36.4 Å². The summed E-state index contributed by atoms with van der Waals surface area (Å²) in [6.45, 7) is 2.10. The quantitative estimate of drug-likeness (QED) is 0.719. The largest absolute Gasteiger partial charge is 0.459 e. The van der Waals surface area contributed by atoms with Crippen LogP contribution in [-0.4, -0.2) is 0 Å². The second-order valence-corrected chi connectivity index (χ2v) is 4.42. The van der Waals surface area contributed by atoms with Crippen molar-refractivity contribution in [2.24, 2.45) is 0 Å². The summed E-state index contributed by atoms with van der Waals surface area (Å²) in [6, 6.07) is 20.5. The third-order valence-electron chi connectivity index (χ3n) is 3.03. The number of anilines is 1. The predicted molar refractivity (Wildman–Crippen MR) is 74.7 cm³/mol. The number of furan rings is 1. The number of hydrogen-bond donors (Lipinski definition) is 1. The molecule has 1 N–H and O–H groups in total. The smallest absolute Gasteiger partial charge is 0.134 e. The Morgan fingerprint density at radius 3 is 2.44 bits per heavy atom. The van der Waals surface area contributed by atoms with Crippen LogP contribution in [0.3, 0.4) is 0 Å². The van der Waals surface area contributed by atoms with Crippen LogP contribution in [0.5, 0.6) is 0 Å². The number of hydrogen-bond acceptors (Lipinski definition) is 2. The summed E-state index contributed by atoms with van der Waals surface area (Å²) in [5, 5.41) is 4.57. The maximum Gasteiger partial charge on any atom is 0.134 e. The van der Waals surface area contributed by atoms with E-state index in [1.54, 1.807) is 0 Å². The number of fused-ring (bicyclic) bond motifs is 1. The second-order valence-electron chi connectivity index (χ2n) is 4.42. The zero-order valence-corrected chi connectivity index (χ0v) is 10.3. The van der Waals surface area contributed by atoms with Crippen molar-refractivity contribution < 1.29 is 4.42 Å². The topological polar surface area (TPSA) is 25.2 Å².